The summed E-state index contributed by atoms with van der Waals surface area (Å²) in [6.45, 7) is 8.28. The second kappa shape index (κ2) is 7.74. The maximum atomic E-state index is 12.1. The van der Waals surface area contributed by atoms with E-state index < -0.39 is 5.60 Å². The van der Waals surface area contributed by atoms with E-state index >= 15 is 0 Å². The summed E-state index contributed by atoms with van der Waals surface area (Å²) in [5, 5.41) is 0.982. The van der Waals surface area contributed by atoms with Crippen LogP contribution < -0.4 is 5.73 Å². The Kier molecular flexibility index (Phi) is 6.11. The predicted molar refractivity (Wildman–Crippen MR) is 100 cm³/mol. The van der Waals surface area contributed by atoms with Crippen molar-refractivity contribution in [3.63, 3.8) is 0 Å². The molecule has 0 atom stereocenters. The minimum atomic E-state index is -0.494. The second-order valence-electron chi connectivity index (χ2n) is 6.96. The molecule has 0 bridgehead atoms. The Hall–Kier alpha value is -1.60. The number of piperazine rings is 1. The zero-order valence-corrected chi connectivity index (χ0v) is 16.6. The maximum Gasteiger partial charge on any atom is 0.410 e. The highest BCUT2D eigenvalue weighted by atomic mass is 35.5. The molecule has 1 amide bonds. The van der Waals surface area contributed by atoms with Gasteiger partial charge in [-0.05, 0) is 26.8 Å². The Labute approximate surface area is 158 Å². The van der Waals surface area contributed by atoms with Gasteiger partial charge < -0.3 is 24.8 Å². The quantitative estimate of drug-likeness (QED) is 0.622. The SMILES string of the molecule is Cn1c(CN=C(N)N2CCN(C(=O)OC(C)(C)C)CC2)cc(Cl)c1Cl. The number of carbonyl (C=O) groups is 1. The smallest absolute Gasteiger partial charge is 0.410 e. The van der Waals surface area contributed by atoms with Crippen LogP contribution in [0.2, 0.25) is 10.2 Å². The van der Waals surface area contributed by atoms with E-state index in [0.29, 0.717) is 48.9 Å². The van der Waals surface area contributed by atoms with E-state index in [1.807, 2.05) is 32.7 Å². The van der Waals surface area contributed by atoms with Gasteiger partial charge in [0.05, 0.1) is 11.6 Å². The molecule has 2 N–H and O–H groups in total. The van der Waals surface area contributed by atoms with Crippen LogP contribution in [0.5, 0.6) is 0 Å². The molecule has 9 heteroatoms. The van der Waals surface area contributed by atoms with Crippen LogP contribution in [0.3, 0.4) is 0 Å². The number of hydrogen-bond acceptors (Lipinski definition) is 3. The Bertz CT molecular complexity index is 658. The summed E-state index contributed by atoms with van der Waals surface area (Å²) in [6.07, 6.45) is -0.296. The van der Waals surface area contributed by atoms with Crippen molar-refractivity contribution in [2.75, 3.05) is 26.2 Å². The first kappa shape index (κ1) is 19.7. The molecule has 2 heterocycles. The van der Waals surface area contributed by atoms with Crippen LogP contribution in [0.15, 0.2) is 11.1 Å². The van der Waals surface area contributed by atoms with Crippen LogP contribution >= 0.6 is 23.2 Å². The standard InChI is InChI=1S/C16H25Cl2N5O2/c1-16(2,3)25-15(24)23-7-5-22(6-8-23)14(19)20-10-11-9-12(17)13(18)21(11)4/h9H,5-8,10H2,1-4H3,(H2,19,20). The van der Waals surface area contributed by atoms with Crippen molar-refractivity contribution in [2.24, 2.45) is 17.8 Å². The highest BCUT2D eigenvalue weighted by Crippen LogP contribution is 2.25. The molecule has 0 aromatic carbocycles. The summed E-state index contributed by atoms with van der Waals surface area (Å²) in [5.74, 6) is 0.442. The largest absolute Gasteiger partial charge is 0.444 e. The number of halogens is 2. The molecule has 7 nitrogen and oxygen atoms in total. The van der Waals surface area contributed by atoms with Crippen LogP contribution in [-0.4, -0.2) is 58.2 Å². The molecule has 0 aliphatic carbocycles. The van der Waals surface area contributed by atoms with E-state index in [1.54, 1.807) is 15.5 Å². The predicted octanol–water partition coefficient (Wildman–Crippen LogP) is 2.70. The topological polar surface area (TPSA) is 76.1 Å². The fourth-order valence-electron chi connectivity index (χ4n) is 2.45. The van der Waals surface area contributed by atoms with Gasteiger partial charge in [-0.15, -0.1) is 0 Å². The van der Waals surface area contributed by atoms with Gasteiger partial charge in [-0.1, -0.05) is 23.2 Å². The summed E-state index contributed by atoms with van der Waals surface area (Å²) in [6, 6.07) is 1.78. The van der Waals surface area contributed by atoms with Gasteiger partial charge >= 0.3 is 6.09 Å². The highest BCUT2D eigenvalue weighted by molar-refractivity contribution is 6.41. The summed E-state index contributed by atoms with van der Waals surface area (Å²) in [7, 11) is 1.83. The molecule has 0 unspecified atom stereocenters. The molecular weight excluding hydrogens is 365 g/mol. The lowest BCUT2D eigenvalue weighted by Gasteiger charge is -2.36. The molecule has 0 spiro atoms. The van der Waals surface area contributed by atoms with Gasteiger partial charge in [0.1, 0.15) is 10.8 Å². The average Bonchev–Trinajstić information content (AvgIpc) is 2.78. The number of nitrogens with two attached hydrogens (primary N) is 1. The van der Waals surface area contributed by atoms with Crippen LogP contribution in [0.1, 0.15) is 26.5 Å². The van der Waals surface area contributed by atoms with Gasteiger partial charge in [0.2, 0.25) is 0 Å². The Morgan fingerprint density at radius 1 is 1.24 bits per heavy atom. The van der Waals surface area contributed by atoms with Gasteiger partial charge in [-0.25, -0.2) is 9.79 Å². The first-order chi connectivity index (χ1) is 11.6. The number of nitrogens with zero attached hydrogens (tertiary/aromatic N) is 4. The first-order valence-corrected chi connectivity index (χ1v) is 8.86. The van der Waals surface area contributed by atoms with Crippen LogP contribution in [0, 0.1) is 0 Å². The third-order valence-electron chi connectivity index (χ3n) is 3.87. The summed E-state index contributed by atoms with van der Waals surface area (Å²) < 4.78 is 7.16. The number of amides is 1. The normalized spacial score (nSPS) is 16.3. The molecule has 0 radical (unpaired) electrons. The summed E-state index contributed by atoms with van der Waals surface area (Å²) in [4.78, 5) is 20.1. The van der Waals surface area contributed by atoms with Crippen molar-refractivity contribution in [1.29, 1.82) is 0 Å². The molecule has 1 aromatic rings. The van der Waals surface area contributed by atoms with Crippen LogP contribution in [0.4, 0.5) is 4.79 Å². The highest BCUT2D eigenvalue weighted by Gasteiger charge is 2.26. The lowest BCUT2D eigenvalue weighted by atomic mass is 10.2. The van der Waals surface area contributed by atoms with Crippen molar-refractivity contribution < 1.29 is 9.53 Å². The molecule has 1 saturated heterocycles. The molecule has 1 aliphatic rings. The third-order valence-corrected chi connectivity index (χ3v) is 4.72. The minimum absolute atomic E-state index is 0.296. The summed E-state index contributed by atoms with van der Waals surface area (Å²) >= 11 is 12.0. The molecule has 1 aromatic heterocycles. The van der Waals surface area contributed by atoms with Crippen LogP contribution in [0.25, 0.3) is 0 Å². The monoisotopic (exact) mass is 389 g/mol. The number of ether oxygens (including phenoxy) is 1. The van der Waals surface area contributed by atoms with Gasteiger partial charge in [0.15, 0.2) is 5.96 Å². The molecule has 1 aliphatic heterocycles. The zero-order valence-electron chi connectivity index (χ0n) is 15.1. The van der Waals surface area contributed by atoms with E-state index in [4.69, 9.17) is 33.7 Å². The maximum absolute atomic E-state index is 12.1. The van der Waals surface area contributed by atoms with E-state index in [1.165, 1.54) is 0 Å². The first-order valence-electron chi connectivity index (χ1n) is 8.11. The number of rotatable bonds is 2. The second-order valence-corrected chi connectivity index (χ2v) is 7.73. The Morgan fingerprint density at radius 2 is 1.80 bits per heavy atom. The fraction of sp³-hybridized carbons (Fsp3) is 0.625. The summed E-state index contributed by atoms with van der Waals surface area (Å²) in [5.41, 5.74) is 6.47. The number of guanidine groups is 1. The number of carbonyl (C=O) groups excluding carboxylic acids is 1. The Morgan fingerprint density at radius 3 is 2.28 bits per heavy atom. The molecular formula is C16H25Cl2N5O2. The van der Waals surface area contributed by atoms with Crippen LogP contribution in [-0.2, 0) is 18.3 Å². The number of aliphatic imine (C=N–C) groups is 1. The van der Waals surface area contributed by atoms with Gasteiger partial charge in [0.25, 0.3) is 0 Å². The minimum Gasteiger partial charge on any atom is -0.444 e. The fourth-order valence-corrected chi connectivity index (χ4v) is 2.86. The molecule has 25 heavy (non-hydrogen) atoms. The molecule has 0 saturated carbocycles. The molecule has 2 rings (SSSR count). The van der Waals surface area contributed by atoms with E-state index in [0.717, 1.165) is 5.69 Å². The van der Waals surface area contributed by atoms with Crippen molar-refractivity contribution in [1.82, 2.24) is 14.4 Å². The lowest BCUT2D eigenvalue weighted by Crippen LogP contribution is -2.53. The van der Waals surface area contributed by atoms with E-state index in [9.17, 15) is 4.79 Å². The van der Waals surface area contributed by atoms with E-state index in [-0.39, 0.29) is 6.09 Å². The lowest BCUT2D eigenvalue weighted by molar-refractivity contribution is 0.0186. The van der Waals surface area contributed by atoms with Gasteiger partial charge in [0, 0.05) is 38.9 Å². The van der Waals surface area contributed by atoms with Crippen molar-refractivity contribution in [2.45, 2.75) is 32.9 Å². The van der Waals surface area contributed by atoms with Crippen molar-refractivity contribution >= 4 is 35.3 Å². The Balaban J connectivity index is 1.89. The van der Waals surface area contributed by atoms with Crippen molar-refractivity contribution in [3.8, 4) is 0 Å². The third kappa shape index (κ3) is 5.19. The number of aromatic nitrogens is 1. The zero-order chi connectivity index (χ0) is 18.8. The molecule has 1 fully saturated rings. The number of hydrogen-bond donors (Lipinski definition) is 1. The van der Waals surface area contributed by atoms with Gasteiger partial charge in [-0.3, -0.25) is 0 Å². The van der Waals surface area contributed by atoms with Gasteiger partial charge in [-0.2, -0.15) is 0 Å². The average molecular weight is 390 g/mol. The van der Waals surface area contributed by atoms with E-state index in [2.05, 4.69) is 4.99 Å². The van der Waals surface area contributed by atoms with Crippen molar-refractivity contribution in [3.05, 3.63) is 21.9 Å². The molecule has 140 valence electrons.